The molecule has 2 aliphatic rings. The van der Waals surface area contributed by atoms with Crippen LogP contribution in [0.2, 0.25) is 0 Å². The molecule has 0 amide bonds. The van der Waals surface area contributed by atoms with Gasteiger partial charge in [-0.2, -0.15) is 0 Å². The summed E-state index contributed by atoms with van der Waals surface area (Å²) in [6.07, 6.45) is 2.19. The number of nitrogens with zero attached hydrogens (tertiary/aromatic N) is 2. The van der Waals surface area contributed by atoms with Gasteiger partial charge in [0, 0.05) is 49.3 Å². The molecule has 2 atom stereocenters. The van der Waals surface area contributed by atoms with E-state index in [-0.39, 0.29) is 11.7 Å². The first-order valence-electron chi connectivity index (χ1n) is 9.68. The lowest BCUT2D eigenvalue weighted by molar-refractivity contribution is -0.150. The van der Waals surface area contributed by atoms with Crippen LogP contribution >= 0.6 is 0 Å². The molecule has 1 aromatic carbocycles. The summed E-state index contributed by atoms with van der Waals surface area (Å²) in [5.74, 6) is -1.40. The Hall–Kier alpha value is -2.34. The van der Waals surface area contributed by atoms with Crippen LogP contribution in [0, 0.1) is 11.8 Å². The number of ketones is 1. The predicted octanol–water partition coefficient (Wildman–Crippen LogP) is 2.52. The van der Waals surface area contributed by atoms with E-state index in [0.717, 1.165) is 44.1 Å². The summed E-state index contributed by atoms with van der Waals surface area (Å²) < 4.78 is 4.75. The van der Waals surface area contributed by atoms with Crippen LogP contribution in [-0.4, -0.2) is 56.5 Å². The number of anilines is 2. The number of carbonyl (C=O) groups is 2. The number of piperazine rings is 1. The summed E-state index contributed by atoms with van der Waals surface area (Å²) in [5, 5.41) is 3.33. The van der Waals surface area contributed by atoms with Gasteiger partial charge in [0.05, 0.1) is 7.11 Å². The van der Waals surface area contributed by atoms with Crippen molar-refractivity contribution in [2.24, 2.45) is 11.8 Å². The second-order valence-electron chi connectivity index (χ2n) is 7.35. The molecule has 1 saturated heterocycles. The molecule has 1 N–H and O–H groups in total. The van der Waals surface area contributed by atoms with Gasteiger partial charge in [0.1, 0.15) is 5.92 Å². The van der Waals surface area contributed by atoms with E-state index in [1.54, 1.807) is 6.08 Å². The topological polar surface area (TPSA) is 61.9 Å². The van der Waals surface area contributed by atoms with Crippen molar-refractivity contribution in [3.8, 4) is 0 Å². The molecule has 2 unspecified atom stereocenters. The molecule has 3 rings (SSSR count). The second-order valence-corrected chi connectivity index (χ2v) is 7.35. The monoisotopic (exact) mass is 371 g/mol. The van der Waals surface area contributed by atoms with Gasteiger partial charge in [-0.3, -0.25) is 9.59 Å². The standard InChI is InChI=1S/C21H29N3O3/c1-4-23-9-11-24(12-10-23)18-7-5-16(6-8-18)22-17-13-15(2)20(19(25)14-17)21(26)27-3/h5-8,14-15,20,22H,4,9-13H2,1-3H3. The summed E-state index contributed by atoms with van der Waals surface area (Å²) in [4.78, 5) is 28.9. The molecule has 1 aromatic rings. The van der Waals surface area contributed by atoms with Gasteiger partial charge >= 0.3 is 5.97 Å². The summed E-state index contributed by atoms with van der Waals surface area (Å²) in [6.45, 7) is 9.52. The molecular weight excluding hydrogens is 342 g/mol. The molecule has 1 aliphatic heterocycles. The van der Waals surface area contributed by atoms with E-state index < -0.39 is 11.9 Å². The van der Waals surface area contributed by atoms with Crippen LogP contribution < -0.4 is 10.2 Å². The zero-order chi connectivity index (χ0) is 19.4. The van der Waals surface area contributed by atoms with Gasteiger partial charge in [-0.15, -0.1) is 0 Å². The van der Waals surface area contributed by atoms with E-state index in [2.05, 4.69) is 34.2 Å². The Morgan fingerprint density at radius 2 is 1.85 bits per heavy atom. The molecule has 27 heavy (non-hydrogen) atoms. The van der Waals surface area contributed by atoms with E-state index in [0.29, 0.717) is 6.42 Å². The third kappa shape index (κ3) is 4.50. The van der Waals surface area contributed by atoms with Gasteiger partial charge in [-0.05, 0) is 43.1 Å². The highest BCUT2D eigenvalue weighted by Gasteiger charge is 2.35. The zero-order valence-corrected chi connectivity index (χ0v) is 16.4. The molecule has 6 nitrogen and oxygen atoms in total. The van der Waals surface area contributed by atoms with E-state index >= 15 is 0 Å². The molecule has 1 heterocycles. The average molecular weight is 371 g/mol. The maximum Gasteiger partial charge on any atom is 0.316 e. The molecule has 1 fully saturated rings. The van der Waals surface area contributed by atoms with Crippen molar-refractivity contribution in [3.63, 3.8) is 0 Å². The lowest BCUT2D eigenvalue weighted by atomic mass is 9.82. The van der Waals surface area contributed by atoms with Crippen molar-refractivity contribution >= 4 is 23.1 Å². The number of hydrogen-bond donors (Lipinski definition) is 1. The summed E-state index contributed by atoms with van der Waals surface area (Å²) >= 11 is 0. The highest BCUT2D eigenvalue weighted by atomic mass is 16.5. The van der Waals surface area contributed by atoms with Gasteiger partial charge in [-0.25, -0.2) is 0 Å². The molecular formula is C21H29N3O3. The van der Waals surface area contributed by atoms with Crippen LogP contribution in [0.4, 0.5) is 11.4 Å². The first-order chi connectivity index (χ1) is 13.0. The molecule has 0 bridgehead atoms. The summed E-state index contributed by atoms with van der Waals surface area (Å²) in [7, 11) is 1.32. The minimum atomic E-state index is -0.690. The number of rotatable bonds is 5. The van der Waals surface area contributed by atoms with E-state index in [1.165, 1.54) is 12.8 Å². The van der Waals surface area contributed by atoms with Gasteiger partial charge in [-0.1, -0.05) is 13.8 Å². The quantitative estimate of drug-likeness (QED) is 0.634. The molecule has 146 valence electrons. The zero-order valence-electron chi connectivity index (χ0n) is 16.4. The maximum absolute atomic E-state index is 12.3. The Morgan fingerprint density at radius 1 is 1.19 bits per heavy atom. The fourth-order valence-electron chi connectivity index (χ4n) is 3.89. The van der Waals surface area contributed by atoms with E-state index in [1.807, 2.05) is 19.1 Å². The number of esters is 1. The Bertz CT molecular complexity index is 706. The molecule has 0 spiro atoms. The fourth-order valence-corrected chi connectivity index (χ4v) is 3.89. The van der Waals surface area contributed by atoms with Gasteiger partial charge in [0.2, 0.25) is 0 Å². The molecule has 0 saturated carbocycles. The van der Waals surface area contributed by atoms with E-state index in [4.69, 9.17) is 4.74 Å². The number of allylic oxidation sites excluding steroid dienone is 2. The highest BCUT2D eigenvalue weighted by Crippen LogP contribution is 2.29. The number of carbonyl (C=O) groups excluding carboxylic acids is 2. The minimum absolute atomic E-state index is 0.0772. The van der Waals surface area contributed by atoms with Crippen LogP contribution in [0.25, 0.3) is 0 Å². The predicted molar refractivity (Wildman–Crippen MR) is 107 cm³/mol. The smallest absolute Gasteiger partial charge is 0.316 e. The normalized spacial score (nSPS) is 23.7. The van der Waals surface area contributed by atoms with Crippen LogP contribution in [0.5, 0.6) is 0 Å². The number of likely N-dealkylation sites (N-methyl/N-ethyl adjacent to an activating group) is 1. The Kier molecular flexibility index (Phi) is 6.16. The number of nitrogens with one attached hydrogen (secondary N) is 1. The van der Waals surface area contributed by atoms with Crippen LogP contribution in [0.15, 0.2) is 36.0 Å². The maximum atomic E-state index is 12.3. The first-order valence-corrected chi connectivity index (χ1v) is 9.68. The summed E-state index contributed by atoms with van der Waals surface area (Å²) in [6, 6.07) is 8.33. The van der Waals surface area contributed by atoms with Crippen molar-refractivity contribution in [1.82, 2.24) is 4.90 Å². The van der Waals surface area contributed by atoms with Gasteiger partial charge < -0.3 is 19.9 Å². The number of ether oxygens (including phenoxy) is 1. The van der Waals surface area contributed by atoms with Crippen molar-refractivity contribution in [1.29, 1.82) is 0 Å². The first kappa shape index (κ1) is 19.4. The highest BCUT2D eigenvalue weighted by molar-refractivity contribution is 6.06. The number of hydrogen-bond acceptors (Lipinski definition) is 6. The van der Waals surface area contributed by atoms with Gasteiger partial charge in [0.25, 0.3) is 0 Å². The van der Waals surface area contributed by atoms with Gasteiger partial charge in [0.15, 0.2) is 5.78 Å². The molecule has 6 heteroatoms. The van der Waals surface area contributed by atoms with Crippen molar-refractivity contribution in [2.45, 2.75) is 20.3 Å². The van der Waals surface area contributed by atoms with E-state index in [9.17, 15) is 9.59 Å². The minimum Gasteiger partial charge on any atom is -0.468 e. The lowest BCUT2D eigenvalue weighted by Crippen LogP contribution is -2.46. The Labute approximate surface area is 161 Å². The molecule has 0 radical (unpaired) electrons. The van der Waals surface area contributed by atoms with Crippen molar-refractivity contribution < 1.29 is 14.3 Å². The van der Waals surface area contributed by atoms with Crippen LogP contribution in [0.1, 0.15) is 20.3 Å². The van der Waals surface area contributed by atoms with Crippen molar-refractivity contribution in [2.75, 3.05) is 50.1 Å². The molecule has 0 aromatic heterocycles. The summed E-state index contributed by atoms with van der Waals surface area (Å²) in [5.41, 5.74) is 3.02. The fraction of sp³-hybridized carbons (Fsp3) is 0.524. The Morgan fingerprint density at radius 3 is 2.41 bits per heavy atom. The Balaban J connectivity index is 1.62. The second kappa shape index (κ2) is 8.57. The third-order valence-electron chi connectivity index (χ3n) is 5.55. The largest absolute Gasteiger partial charge is 0.468 e. The lowest BCUT2D eigenvalue weighted by Gasteiger charge is -2.35. The van der Waals surface area contributed by atoms with Crippen molar-refractivity contribution in [3.05, 3.63) is 36.0 Å². The van der Waals surface area contributed by atoms with Crippen LogP contribution in [0.3, 0.4) is 0 Å². The third-order valence-corrected chi connectivity index (χ3v) is 5.55. The average Bonchev–Trinajstić information content (AvgIpc) is 2.68. The van der Waals surface area contributed by atoms with Crippen LogP contribution in [-0.2, 0) is 14.3 Å². The number of benzene rings is 1. The SMILES string of the molecule is CCN1CCN(c2ccc(NC3=CC(=O)C(C(=O)OC)C(C)C3)cc2)CC1. The number of methoxy groups -OCH3 is 1. The molecule has 1 aliphatic carbocycles.